The molecule has 0 spiro atoms. The van der Waals surface area contributed by atoms with E-state index in [0.29, 0.717) is 28.3 Å². The maximum Gasteiger partial charge on any atom is 0.514 e. The molecule has 0 aliphatic heterocycles. The molecule has 38 heavy (non-hydrogen) atoms. The Labute approximate surface area is 234 Å². The molecule has 0 bridgehead atoms. The molecule has 0 fully saturated rings. The van der Waals surface area contributed by atoms with Crippen molar-refractivity contribution in [3.8, 4) is 5.75 Å². The number of fused-ring (bicyclic) bond motifs is 1. The lowest BCUT2D eigenvalue weighted by atomic mass is 9.96. The molecule has 9 heteroatoms. The summed E-state index contributed by atoms with van der Waals surface area (Å²) < 4.78 is 22.2. The monoisotopic (exact) mass is 593 g/mol. The van der Waals surface area contributed by atoms with E-state index >= 15 is 0 Å². The smallest absolute Gasteiger partial charge is 0.443 e. The second-order valence-electron chi connectivity index (χ2n) is 12.0. The van der Waals surface area contributed by atoms with Gasteiger partial charge in [0.2, 0.25) is 0 Å². The fourth-order valence-corrected chi connectivity index (χ4v) is 4.11. The number of anilines is 1. The van der Waals surface area contributed by atoms with Crippen molar-refractivity contribution in [2.24, 2.45) is 0 Å². The number of nitrogens with zero attached hydrogens (tertiary/aromatic N) is 1. The quantitative estimate of drug-likeness (QED) is 0.148. The first-order valence-electron chi connectivity index (χ1n) is 12.7. The highest BCUT2D eigenvalue weighted by molar-refractivity contribution is 9.08. The van der Waals surface area contributed by atoms with Crippen LogP contribution in [-0.2, 0) is 26.0 Å². The van der Waals surface area contributed by atoms with Gasteiger partial charge in [-0.3, -0.25) is 0 Å². The molecule has 0 radical (unpaired) electrons. The van der Waals surface area contributed by atoms with Gasteiger partial charge in [0.25, 0.3) is 0 Å². The molecule has 0 unspecified atom stereocenters. The first-order chi connectivity index (χ1) is 17.3. The summed E-state index contributed by atoms with van der Waals surface area (Å²) in [6.07, 6.45) is -1.02. The largest absolute Gasteiger partial charge is 0.514 e. The third kappa shape index (κ3) is 8.89. The average molecular weight is 595 g/mol. The second-order valence-corrected chi connectivity index (χ2v) is 12.6. The second kappa shape index (κ2) is 11.9. The summed E-state index contributed by atoms with van der Waals surface area (Å²) in [4.78, 5) is 39.8. The van der Waals surface area contributed by atoms with Gasteiger partial charge in [-0.25, -0.2) is 14.4 Å². The average Bonchev–Trinajstić information content (AvgIpc) is 2.71. The van der Waals surface area contributed by atoms with Crippen molar-refractivity contribution < 1.29 is 33.3 Å². The van der Waals surface area contributed by atoms with E-state index in [1.54, 1.807) is 80.5 Å². The molecule has 8 nitrogen and oxygen atoms in total. The van der Waals surface area contributed by atoms with Crippen molar-refractivity contribution in [1.82, 2.24) is 0 Å². The third-order valence-corrected chi connectivity index (χ3v) is 5.50. The Balaban J connectivity index is 2.72. The van der Waals surface area contributed by atoms with Gasteiger partial charge in [0.15, 0.2) is 0 Å². The van der Waals surface area contributed by atoms with E-state index in [1.165, 1.54) is 0 Å². The van der Waals surface area contributed by atoms with Gasteiger partial charge in [-0.05, 0) is 110 Å². The lowest BCUT2D eigenvalue weighted by molar-refractivity contribution is 0.0206. The molecule has 2 aromatic rings. The standard InChI is InChI=1S/C29H40BrNO7/c1-11-12-21-19(17-30)15-18-16-20(13-14-22(18)23(21)35-26(34)38-29(8,9)10)31(24(32)36-27(2,3)4)25(33)37-28(5,6)7/h13-16H,11-12,17H2,1-10H3. The van der Waals surface area contributed by atoms with E-state index < -0.39 is 35.1 Å². The van der Waals surface area contributed by atoms with Crippen LogP contribution in [0.4, 0.5) is 20.1 Å². The van der Waals surface area contributed by atoms with Gasteiger partial charge in [0, 0.05) is 10.7 Å². The number of amides is 2. The highest BCUT2D eigenvalue weighted by atomic mass is 79.9. The maximum atomic E-state index is 13.1. The molecular weight excluding hydrogens is 554 g/mol. The minimum absolute atomic E-state index is 0.257. The highest BCUT2D eigenvalue weighted by Gasteiger charge is 2.33. The molecular formula is C29H40BrNO7. The maximum absolute atomic E-state index is 13.1. The van der Waals surface area contributed by atoms with E-state index in [1.807, 2.05) is 13.0 Å². The summed E-state index contributed by atoms with van der Waals surface area (Å²) in [7, 11) is 0. The Kier molecular flexibility index (Phi) is 9.86. The van der Waals surface area contributed by atoms with E-state index in [-0.39, 0.29) is 5.69 Å². The summed E-state index contributed by atoms with van der Waals surface area (Å²) in [5.41, 5.74) is -0.336. The van der Waals surface area contributed by atoms with Crippen LogP contribution in [0.15, 0.2) is 24.3 Å². The van der Waals surface area contributed by atoms with Crippen LogP contribution in [-0.4, -0.2) is 35.1 Å². The van der Waals surface area contributed by atoms with Crippen LogP contribution in [0.2, 0.25) is 0 Å². The number of halogens is 1. The normalized spacial score (nSPS) is 12.2. The lowest BCUT2D eigenvalue weighted by Gasteiger charge is -2.29. The number of imide groups is 1. The number of ether oxygens (including phenoxy) is 4. The number of hydrogen-bond donors (Lipinski definition) is 0. The zero-order valence-electron chi connectivity index (χ0n) is 24.1. The van der Waals surface area contributed by atoms with Crippen molar-refractivity contribution in [3.05, 3.63) is 35.4 Å². The van der Waals surface area contributed by atoms with E-state index in [0.717, 1.165) is 22.4 Å². The number of carbonyl (C=O) groups excluding carboxylic acids is 3. The molecule has 2 aromatic carbocycles. The SMILES string of the molecule is CCCc1c(CBr)cc2cc(N(C(=O)OC(C)(C)C)C(=O)OC(C)(C)C)ccc2c1OC(=O)OC(C)(C)C. The van der Waals surface area contributed by atoms with Gasteiger partial charge in [0.05, 0.1) is 5.69 Å². The Hall–Kier alpha value is -2.81. The van der Waals surface area contributed by atoms with Gasteiger partial charge >= 0.3 is 18.3 Å². The van der Waals surface area contributed by atoms with Crippen molar-refractivity contribution >= 4 is 50.7 Å². The summed E-state index contributed by atoms with van der Waals surface area (Å²) >= 11 is 3.54. The first-order valence-corrected chi connectivity index (χ1v) is 13.8. The van der Waals surface area contributed by atoms with Crippen molar-refractivity contribution in [2.75, 3.05) is 4.90 Å². The predicted octanol–water partition coefficient (Wildman–Crippen LogP) is 8.68. The molecule has 0 aliphatic rings. The molecule has 0 atom stereocenters. The van der Waals surface area contributed by atoms with Crippen LogP contribution in [0.1, 0.15) is 86.8 Å². The molecule has 2 rings (SSSR count). The fraction of sp³-hybridized carbons (Fsp3) is 0.552. The van der Waals surface area contributed by atoms with Crippen LogP contribution in [0, 0.1) is 0 Å². The van der Waals surface area contributed by atoms with E-state index in [2.05, 4.69) is 15.9 Å². The van der Waals surface area contributed by atoms with Crippen molar-refractivity contribution in [1.29, 1.82) is 0 Å². The molecule has 0 N–H and O–H groups in total. The van der Waals surface area contributed by atoms with E-state index in [9.17, 15) is 14.4 Å². The van der Waals surface area contributed by atoms with E-state index in [4.69, 9.17) is 18.9 Å². The van der Waals surface area contributed by atoms with Gasteiger partial charge in [-0.1, -0.05) is 29.3 Å². The molecule has 210 valence electrons. The third-order valence-electron chi connectivity index (χ3n) is 4.90. The number of alkyl halides is 1. The molecule has 0 heterocycles. The predicted molar refractivity (Wildman–Crippen MR) is 152 cm³/mol. The van der Waals surface area contributed by atoms with Gasteiger partial charge < -0.3 is 18.9 Å². The van der Waals surface area contributed by atoms with Crippen LogP contribution in [0.25, 0.3) is 10.8 Å². The summed E-state index contributed by atoms with van der Waals surface area (Å²) in [6.45, 7) is 17.7. The minimum atomic E-state index is -0.861. The zero-order valence-corrected chi connectivity index (χ0v) is 25.7. The number of carbonyl (C=O) groups is 3. The molecule has 0 aliphatic carbocycles. The molecule has 0 saturated heterocycles. The summed E-state index contributed by atoms with van der Waals surface area (Å²) in [6, 6.07) is 6.93. The van der Waals surface area contributed by atoms with Crippen LogP contribution >= 0.6 is 15.9 Å². The van der Waals surface area contributed by atoms with Crippen molar-refractivity contribution in [2.45, 2.75) is 104 Å². The number of benzene rings is 2. The fourth-order valence-electron chi connectivity index (χ4n) is 3.61. The highest BCUT2D eigenvalue weighted by Crippen LogP contribution is 2.38. The Bertz CT molecular complexity index is 1160. The minimum Gasteiger partial charge on any atom is -0.443 e. The number of rotatable bonds is 5. The summed E-state index contributed by atoms with van der Waals surface area (Å²) in [5.74, 6) is 0.390. The van der Waals surface area contributed by atoms with Gasteiger partial charge in [-0.2, -0.15) is 4.90 Å². The Morgan fingerprint density at radius 1 is 0.816 bits per heavy atom. The molecule has 0 saturated carbocycles. The Morgan fingerprint density at radius 2 is 1.34 bits per heavy atom. The first kappa shape index (κ1) is 31.4. The van der Waals surface area contributed by atoms with Crippen LogP contribution < -0.4 is 9.64 Å². The number of hydrogen-bond acceptors (Lipinski definition) is 7. The topological polar surface area (TPSA) is 91.4 Å². The zero-order chi connectivity index (χ0) is 29.1. The van der Waals surface area contributed by atoms with Crippen LogP contribution in [0.3, 0.4) is 0 Å². The van der Waals surface area contributed by atoms with Crippen molar-refractivity contribution in [3.63, 3.8) is 0 Å². The molecule has 2 amide bonds. The lowest BCUT2D eigenvalue weighted by Crippen LogP contribution is -2.43. The molecule has 0 aromatic heterocycles. The summed E-state index contributed by atoms with van der Waals surface area (Å²) in [5, 5.41) is 1.81. The van der Waals surface area contributed by atoms with Gasteiger partial charge in [-0.15, -0.1) is 0 Å². The van der Waals surface area contributed by atoms with Crippen LogP contribution in [0.5, 0.6) is 5.75 Å². The van der Waals surface area contributed by atoms with Gasteiger partial charge in [0.1, 0.15) is 22.6 Å². The Morgan fingerprint density at radius 3 is 1.79 bits per heavy atom.